The smallest absolute Gasteiger partial charge is 0.162 e. The largest absolute Gasteiger partial charge is 0.297 e. The molecule has 0 spiro atoms. The number of ketones is 1. The number of benzene rings is 3. The van der Waals surface area contributed by atoms with Crippen molar-refractivity contribution in [2.24, 2.45) is 0 Å². The summed E-state index contributed by atoms with van der Waals surface area (Å²) in [5, 5.41) is 0. The lowest BCUT2D eigenvalue weighted by atomic mass is 9.99. The van der Waals surface area contributed by atoms with Crippen molar-refractivity contribution in [1.29, 1.82) is 0 Å². The van der Waals surface area contributed by atoms with Crippen molar-refractivity contribution < 1.29 is 9.00 Å². The Morgan fingerprint density at radius 1 is 0.759 bits per heavy atom. The number of rotatable bonds is 10. The van der Waals surface area contributed by atoms with Gasteiger partial charge in [0.15, 0.2) is 5.78 Å². The highest BCUT2D eigenvalue weighted by Gasteiger charge is 2.27. The summed E-state index contributed by atoms with van der Waals surface area (Å²) in [7, 11) is -1.16. The van der Waals surface area contributed by atoms with Crippen LogP contribution in [0.15, 0.2) is 91.0 Å². The third-order valence-electron chi connectivity index (χ3n) is 4.89. The molecule has 3 aromatic rings. The molecular weight excluding hydrogens is 378 g/mol. The first-order chi connectivity index (χ1) is 14.1. The van der Waals surface area contributed by atoms with Gasteiger partial charge in [-0.1, -0.05) is 91.0 Å². The zero-order valence-corrected chi connectivity index (χ0v) is 17.6. The number of hydrogen-bond donors (Lipinski definition) is 0. The molecular formula is C25H27NO2S. The summed E-state index contributed by atoms with van der Waals surface area (Å²) in [4.78, 5) is 15.4. The monoisotopic (exact) mass is 405 g/mol. The van der Waals surface area contributed by atoms with Gasteiger partial charge in [-0.15, -0.1) is 0 Å². The van der Waals surface area contributed by atoms with Gasteiger partial charge in [0, 0.05) is 30.1 Å². The molecule has 0 radical (unpaired) electrons. The van der Waals surface area contributed by atoms with Crippen LogP contribution in [0.3, 0.4) is 0 Å². The molecule has 2 atom stereocenters. The van der Waals surface area contributed by atoms with Gasteiger partial charge in [-0.05, 0) is 23.1 Å². The van der Waals surface area contributed by atoms with Crippen LogP contribution in [-0.2, 0) is 35.1 Å². The van der Waals surface area contributed by atoms with Gasteiger partial charge in [-0.3, -0.25) is 13.9 Å². The molecule has 0 aliphatic heterocycles. The molecule has 3 rings (SSSR count). The molecule has 0 bridgehead atoms. The average Bonchev–Trinajstić information content (AvgIpc) is 2.73. The molecule has 0 saturated heterocycles. The number of carbonyl (C=O) groups is 1. The molecule has 0 N–H and O–H groups in total. The maximum atomic E-state index is 13.1. The van der Waals surface area contributed by atoms with Gasteiger partial charge in [0.25, 0.3) is 0 Å². The SMILES string of the molecule is CS(=O)CC(=O)[C@@H](Cc1ccccc1)N(Cc1ccccc1)Cc1ccccc1. The van der Waals surface area contributed by atoms with E-state index in [0.29, 0.717) is 19.5 Å². The van der Waals surface area contributed by atoms with Crippen LogP contribution in [0, 0.1) is 0 Å². The standard InChI is InChI=1S/C25H27NO2S/c1-29(28)20-25(27)24(17-21-11-5-2-6-12-21)26(18-22-13-7-3-8-14-22)19-23-15-9-4-10-16-23/h2-16,24H,17-20H2,1H3/t24-,29?/m1/s1. The normalized spacial score (nSPS) is 13.2. The highest BCUT2D eigenvalue weighted by molar-refractivity contribution is 7.85. The Hall–Kier alpha value is -2.56. The highest BCUT2D eigenvalue weighted by Crippen LogP contribution is 2.18. The molecule has 0 aliphatic carbocycles. The van der Waals surface area contributed by atoms with Crippen LogP contribution in [0.4, 0.5) is 0 Å². The molecule has 3 nitrogen and oxygen atoms in total. The third kappa shape index (κ3) is 6.77. The third-order valence-corrected chi connectivity index (χ3v) is 5.58. The first-order valence-electron chi connectivity index (χ1n) is 9.80. The van der Waals surface area contributed by atoms with E-state index in [9.17, 15) is 9.00 Å². The minimum absolute atomic E-state index is 0.0292. The van der Waals surface area contributed by atoms with Crippen LogP contribution in [0.25, 0.3) is 0 Å². The van der Waals surface area contributed by atoms with Crippen LogP contribution >= 0.6 is 0 Å². The fourth-order valence-corrected chi connectivity index (χ4v) is 4.09. The first-order valence-corrected chi connectivity index (χ1v) is 11.5. The van der Waals surface area contributed by atoms with Crippen LogP contribution in [-0.4, -0.2) is 32.9 Å². The van der Waals surface area contributed by atoms with Gasteiger partial charge in [0.2, 0.25) is 0 Å². The molecule has 0 heterocycles. The average molecular weight is 406 g/mol. The minimum atomic E-state index is -1.16. The van der Waals surface area contributed by atoms with E-state index in [1.54, 1.807) is 6.26 Å². The van der Waals surface area contributed by atoms with Crippen LogP contribution in [0.1, 0.15) is 16.7 Å². The summed E-state index contributed by atoms with van der Waals surface area (Å²) in [5.74, 6) is 0.110. The second-order valence-corrected chi connectivity index (χ2v) is 8.70. The van der Waals surface area contributed by atoms with Crippen molar-refractivity contribution in [3.63, 3.8) is 0 Å². The van der Waals surface area contributed by atoms with E-state index < -0.39 is 10.8 Å². The Bertz CT molecular complexity index is 872. The van der Waals surface area contributed by atoms with E-state index in [4.69, 9.17) is 0 Å². The van der Waals surface area contributed by atoms with Gasteiger partial charge < -0.3 is 0 Å². The van der Waals surface area contributed by atoms with Gasteiger partial charge >= 0.3 is 0 Å². The van der Waals surface area contributed by atoms with Crippen LogP contribution in [0.2, 0.25) is 0 Å². The summed E-state index contributed by atoms with van der Waals surface area (Å²) in [6.45, 7) is 1.32. The fourth-order valence-electron chi connectivity index (χ4n) is 3.49. The summed E-state index contributed by atoms with van der Waals surface area (Å²) >= 11 is 0. The van der Waals surface area contributed by atoms with Crippen LogP contribution in [0.5, 0.6) is 0 Å². The molecule has 4 heteroatoms. The summed E-state index contributed by atoms with van der Waals surface area (Å²) in [6, 6.07) is 30.1. The first kappa shape index (κ1) is 21.2. The van der Waals surface area contributed by atoms with Gasteiger partial charge in [-0.2, -0.15) is 0 Å². The lowest BCUT2D eigenvalue weighted by molar-refractivity contribution is -0.122. The Morgan fingerprint density at radius 2 is 1.17 bits per heavy atom. The lowest BCUT2D eigenvalue weighted by Crippen LogP contribution is -2.43. The van der Waals surface area contributed by atoms with Crippen molar-refractivity contribution in [2.45, 2.75) is 25.6 Å². The quantitative estimate of drug-likeness (QED) is 0.506. The van der Waals surface area contributed by atoms with E-state index in [0.717, 1.165) is 16.7 Å². The lowest BCUT2D eigenvalue weighted by Gasteiger charge is -2.31. The van der Waals surface area contributed by atoms with Crippen molar-refractivity contribution in [2.75, 3.05) is 12.0 Å². The highest BCUT2D eigenvalue weighted by atomic mass is 32.2. The van der Waals surface area contributed by atoms with Crippen molar-refractivity contribution in [1.82, 2.24) is 4.90 Å². The maximum Gasteiger partial charge on any atom is 0.162 e. The fraction of sp³-hybridized carbons (Fsp3) is 0.240. The molecule has 0 amide bonds. The Morgan fingerprint density at radius 3 is 1.59 bits per heavy atom. The second kappa shape index (κ2) is 10.8. The summed E-state index contributed by atoms with van der Waals surface area (Å²) in [6.07, 6.45) is 2.20. The van der Waals surface area contributed by atoms with E-state index in [1.807, 2.05) is 66.7 Å². The van der Waals surface area contributed by atoms with E-state index in [-0.39, 0.29) is 17.6 Å². The predicted molar refractivity (Wildman–Crippen MR) is 120 cm³/mol. The predicted octanol–water partition coefficient (Wildman–Crippen LogP) is 4.25. The van der Waals surface area contributed by atoms with Gasteiger partial charge in [-0.25, -0.2) is 0 Å². The van der Waals surface area contributed by atoms with Crippen molar-refractivity contribution in [3.05, 3.63) is 108 Å². The van der Waals surface area contributed by atoms with E-state index in [1.165, 1.54) is 0 Å². The summed E-state index contributed by atoms with van der Waals surface area (Å²) < 4.78 is 11.8. The van der Waals surface area contributed by atoms with Crippen molar-refractivity contribution >= 4 is 16.6 Å². The molecule has 3 aromatic carbocycles. The minimum Gasteiger partial charge on any atom is -0.297 e. The molecule has 0 fully saturated rings. The zero-order valence-electron chi connectivity index (χ0n) is 16.7. The van der Waals surface area contributed by atoms with E-state index in [2.05, 4.69) is 29.2 Å². The van der Waals surface area contributed by atoms with Crippen LogP contribution < -0.4 is 0 Å². The van der Waals surface area contributed by atoms with Gasteiger partial charge in [0.05, 0.1) is 11.8 Å². The summed E-state index contributed by atoms with van der Waals surface area (Å²) in [5.41, 5.74) is 3.43. The zero-order chi connectivity index (χ0) is 20.5. The topological polar surface area (TPSA) is 37.4 Å². The second-order valence-electron chi connectivity index (χ2n) is 7.27. The Balaban J connectivity index is 1.92. The Kier molecular flexibility index (Phi) is 7.91. The maximum absolute atomic E-state index is 13.1. The molecule has 0 saturated carbocycles. The molecule has 150 valence electrons. The molecule has 0 aromatic heterocycles. The van der Waals surface area contributed by atoms with E-state index >= 15 is 0 Å². The molecule has 1 unspecified atom stereocenters. The Labute approximate surface area is 175 Å². The molecule has 29 heavy (non-hydrogen) atoms. The molecule has 0 aliphatic rings. The number of nitrogens with zero attached hydrogens (tertiary/aromatic N) is 1. The number of Topliss-reactive ketones (excluding diaryl/α,β-unsaturated/α-hetero) is 1. The van der Waals surface area contributed by atoms with Crippen molar-refractivity contribution in [3.8, 4) is 0 Å². The van der Waals surface area contributed by atoms with Gasteiger partial charge in [0.1, 0.15) is 0 Å². The number of carbonyl (C=O) groups excluding carboxylic acids is 1. The number of hydrogen-bond acceptors (Lipinski definition) is 3.